The lowest BCUT2D eigenvalue weighted by Crippen LogP contribution is -2.47. The number of hydrogen-bond donors (Lipinski definition) is 3. The molecule has 0 unspecified atom stereocenters. The highest BCUT2D eigenvalue weighted by molar-refractivity contribution is 5.99. The first-order chi connectivity index (χ1) is 14.0. The van der Waals surface area contributed by atoms with E-state index in [1.165, 1.54) is 27.6 Å². The summed E-state index contributed by atoms with van der Waals surface area (Å²) in [7, 11) is 2.15. The van der Waals surface area contributed by atoms with E-state index < -0.39 is 0 Å². The fraction of sp³-hybridized carbons (Fsp3) is 0.522. The van der Waals surface area contributed by atoms with Crippen LogP contribution < -0.4 is 0 Å². The first-order valence-electron chi connectivity index (χ1n) is 10.6. The molecule has 0 bridgehead atoms. The van der Waals surface area contributed by atoms with Crippen LogP contribution in [0.2, 0.25) is 0 Å². The molecule has 0 saturated heterocycles. The minimum Gasteiger partial charge on any atom is -0.396 e. The molecule has 2 aromatic rings. The normalized spacial score (nSPS) is 20.5. The van der Waals surface area contributed by atoms with Crippen molar-refractivity contribution in [2.24, 2.45) is 5.92 Å². The van der Waals surface area contributed by atoms with Gasteiger partial charge in [-0.05, 0) is 56.5 Å². The molecule has 1 aromatic heterocycles. The zero-order valence-corrected chi connectivity index (χ0v) is 17.7. The highest BCUT2D eigenvalue weighted by Gasteiger charge is 2.36. The molecule has 3 N–H and O–H groups in total. The van der Waals surface area contributed by atoms with Gasteiger partial charge in [-0.1, -0.05) is 18.2 Å². The predicted octanol–water partition coefficient (Wildman–Crippen LogP) is 2.27. The van der Waals surface area contributed by atoms with Crippen LogP contribution in [0.25, 0.3) is 16.5 Å². The number of H-pyrrole nitrogens is 1. The van der Waals surface area contributed by atoms with Crippen LogP contribution in [0.5, 0.6) is 0 Å². The molecule has 0 saturated carbocycles. The molecule has 0 spiro atoms. The highest BCUT2D eigenvalue weighted by Crippen LogP contribution is 2.40. The Morgan fingerprint density at radius 2 is 1.97 bits per heavy atom. The van der Waals surface area contributed by atoms with Crippen molar-refractivity contribution in [1.82, 2.24) is 14.8 Å². The van der Waals surface area contributed by atoms with Gasteiger partial charge in [0.15, 0.2) is 0 Å². The summed E-state index contributed by atoms with van der Waals surface area (Å²) in [6.45, 7) is 6.65. The lowest BCUT2D eigenvalue weighted by atomic mass is 9.79. The number of aromatic nitrogens is 1. The van der Waals surface area contributed by atoms with Gasteiger partial charge in [0, 0.05) is 56.0 Å². The van der Waals surface area contributed by atoms with Crippen LogP contribution >= 0.6 is 0 Å². The third-order valence-electron chi connectivity index (χ3n) is 5.98. The van der Waals surface area contributed by atoms with E-state index in [2.05, 4.69) is 61.3 Å². The molecule has 2 atom stereocenters. The van der Waals surface area contributed by atoms with E-state index in [0.717, 1.165) is 26.1 Å². The first-order valence-corrected chi connectivity index (χ1v) is 10.6. The van der Waals surface area contributed by atoms with Crippen LogP contribution in [-0.2, 0) is 11.2 Å². The van der Waals surface area contributed by atoms with Crippen LogP contribution in [0.4, 0.5) is 0 Å². The molecule has 0 radical (unpaired) electrons. The third kappa shape index (κ3) is 4.25. The topological polar surface area (TPSA) is 79.8 Å². The number of nitrogens with zero attached hydrogens (tertiary/aromatic N) is 2. The minimum atomic E-state index is -0.0445. The van der Waals surface area contributed by atoms with E-state index in [9.17, 15) is 4.79 Å². The molecule has 1 aliphatic carbocycles. The number of carbonyl (C=O) groups is 1. The second-order valence-corrected chi connectivity index (χ2v) is 7.74. The van der Waals surface area contributed by atoms with Crippen molar-refractivity contribution in [1.29, 1.82) is 0 Å². The maximum absolute atomic E-state index is 12.9. The number of nitrogens with one attached hydrogen (secondary N) is 1. The summed E-state index contributed by atoms with van der Waals surface area (Å²) in [4.78, 5) is 20.6. The van der Waals surface area contributed by atoms with Gasteiger partial charge in [-0.15, -0.1) is 0 Å². The lowest BCUT2D eigenvalue weighted by Gasteiger charge is -2.40. The molecule has 1 aromatic carbocycles. The number of aromatic amines is 1. The van der Waals surface area contributed by atoms with Crippen molar-refractivity contribution >= 4 is 22.4 Å². The maximum atomic E-state index is 12.9. The number of aliphatic hydroxyl groups is 2. The van der Waals surface area contributed by atoms with Gasteiger partial charge in [0.1, 0.15) is 0 Å². The van der Waals surface area contributed by atoms with Crippen LogP contribution in [-0.4, -0.2) is 76.8 Å². The number of carbonyl (C=O) groups excluding carboxylic acids is 1. The van der Waals surface area contributed by atoms with E-state index in [1.54, 1.807) is 0 Å². The van der Waals surface area contributed by atoms with Crippen molar-refractivity contribution in [2.75, 3.05) is 39.9 Å². The number of likely N-dealkylation sites (N-methyl/N-ethyl adjacent to an activating group) is 1. The summed E-state index contributed by atoms with van der Waals surface area (Å²) in [6.07, 6.45) is 5.91. The van der Waals surface area contributed by atoms with Crippen molar-refractivity contribution in [3.63, 3.8) is 0 Å². The first kappa shape index (κ1) is 21.6. The standard InChI is InChI=1S/C20H25N3O.C3H8O2/c1-4-23(5-2)20(24)14-9-16-15-7-6-8-17-19(15)13(11-21-17)10-18(16)22(3)12-14;4-2-1-3-5/h6-9,11,14,18,21H,4-5,10,12H2,1-3H3;4-5H,1-3H2/t14-,18-;/m1./s1. The molecule has 1 amide bonds. The maximum Gasteiger partial charge on any atom is 0.230 e. The number of hydrogen-bond acceptors (Lipinski definition) is 4. The number of amides is 1. The molecule has 0 fully saturated rings. The Labute approximate surface area is 172 Å². The van der Waals surface area contributed by atoms with Gasteiger partial charge in [-0.3, -0.25) is 9.69 Å². The minimum absolute atomic E-state index is 0.0445. The van der Waals surface area contributed by atoms with Gasteiger partial charge < -0.3 is 20.1 Å². The van der Waals surface area contributed by atoms with E-state index in [0.29, 0.717) is 12.5 Å². The van der Waals surface area contributed by atoms with Crippen molar-refractivity contribution < 1.29 is 15.0 Å². The molecule has 1 aliphatic heterocycles. The third-order valence-corrected chi connectivity index (χ3v) is 5.98. The molecule has 2 heterocycles. The van der Waals surface area contributed by atoms with E-state index in [-0.39, 0.29) is 25.0 Å². The number of rotatable bonds is 5. The molecule has 2 aliphatic rings. The van der Waals surface area contributed by atoms with Gasteiger partial charge >= 0.3 is 0 Å². The summed E-state index contributed by atoms with van der Waals surface area (Å²) >= 11 is 0. The summed E-state index contributed by atoms with van der Waals surface area (Å²) < 4.78 is 0. The number of aliphatic hydroxyl groups excluding tert-OH is 2. The number of fused-ring (bicyclic) bond motifs is 2. The highest BCUT2D eigenvalue weighted by atomic mass is 16.3. The second kappa shape index (κ2) is 9.57. The average molecular weight is 400 g/mol. The van der Waals surface area contributed by atoms with Gasteiger partial charge in [0.05, 0.1) is 5.92 Å². The van der Waals surface area contributed by atoms with E-state index in [1.807, 2.05) is 4.90 Å². The van der Waals surface area contributed by atoms with Crippen LogP contribution in [0, 0.1) is 5.92 Å². The smallest absolute Gasteiger partial charge is 0.230 e. The van der Waals surface area contributed by atoms with Gasteiger partial charge in [-0.25, -0.2) is 0 Å². The largest absolute Gasteiger partial charge is 0.396 e. The Morgan fingerprint density at radius 1 is 1.24 bits per heavy atom. The average Bonchev–Trinajstić information content (AvgIpc) is 3.15. The Hall–Kier alpha value is -2.15. The SMILES string of the molecule is CCN(CC)C(=O)[C@@H]1C=C2c3cccc4[nH]cc(c34)C[C@H]2N(C)C1.OCCCO. The summed E-state index contributed by atoms with van der Waals surface area (Å²) in [5, 5.41) is 17.1. The molecular weight excluding hydrogens is 366 g/mol. The van der Waals surface area contributed by atoms with Crippen LogP contribution in [0.15, 0.2) is 30.5 Å². The monoisotopic (exact) mass is 399 g/mol. The van der Waals surface area contributed by atoms with E-state index >= 15 is 0 Å². The Bertz CT molecular complexity index is 867. The van der Waals surface area contributed by atoms with Gasteiger partial charge in [0.25, 0.3) is 0 Å². The zero-order chi connectivity index (χ0) is 21.0. The van der Waals surface area contributed by atoms with Crippen molar-refractivity contribution in [3.8, 4) is 0 Å². The zero-order valence-electron chi connectivity index (χ0n) is 17.7. The summed E-state index contributed by atoms with van der Waals surface area (Å²) in [6, 6.07) is 6.82. The Morgan fingerprint density at radius 3 is 2.59 bits per heavy atom. The lowest BCUT2D eigenvalue weighted by molar-refractivity contribution is -0.134. The van der Waals surface area contributed by atoms with Crippen LogP contribution in [0.1, 0.15) is 31.4 Å². The van der Waals surface area contributed by atoms with Crippen molar-refractivity contribution in [2.45, 2.75) is 32.7 Å². The van der Waals surface area contributed by atoms with Crippen molar-refractivity contribution in [3.05, 3.63) is 41.6 Å². The number of benzene rings is 1. The molecule has 4 rings (SSSR count). The van der Waals surface area contributed by atoms with Crippen LogP contribution in [0.3, 0.4) is 0 Å². The molecular formula is C23H33N3O3. The molecule has 6 nitrogen and oxygen atoms in total. The summed E-state index contributed by atoms with van der Waals surface area (Å²) in [5.74, 6) is 0.210. The quantitative estimate of drug-likeness (QED) is 0.721. The Balaban J connectivity index is 0.000000431. The fourth-order valence-corrected chi connectivity index (χ4v) is 4.45. The van der Waals surface area contributed by atoms with Gasteiger partial charge in [-0.2, -0.15) is 0 Å². The van der Waals surface area contributed by atoms with Gasteiger partial charge in [0.2, 0.25) is 5.91 Å². The summed E-state index contributed by atoms with van der Waals surface area (Å²) in [5.41, 5.74) is 5.21. The fourth-order valence-electron chi connectivity index (χ4n) is 4.45. The molecule has 6 heteroatoms. The predicted molar refractivity (Wildman–Crippen MR) is 117 cm³/mol. The van der Waals surface area contributed by atoms with E-state index in [4.69, 9.17) is 10.2 Å². The second-order valence-electron chi connectivity index (χ2n) is 7.74. The Kier molecular flexibility index (Phi) is 7.11. The molecule has 29 heavy (non-hydrogen) atoms. The molecule has 158 valence electrons.